The van der Waals surface area contributed by atoms with E-state index in [2.05, 4.69) is 33.5 Å². The molecular weight excluding hydrogens is 376 g/mol. The van der Waals surface area contributed by atoms with Crippen LogP contribution in [0.4, 0.5) is 0 Å². The Morgan fingerprint density at radius 3 is 2.70 bits per heavy atom. The number of aryl methyl sites for hydroxylation is 1. The Morgan fingerprint density at radius 2 is 2.00 bits per heavy atom. The number of hydrogen-bond acceptors (Lipinski definition) is 3. The molecule has 0 bridgehead atoms. The lowest BCUT2D eigenvalue weighted by Gasteiger charge is -2.11. The van der Waals surface area contributed by atoms with Crippen molar-refractivity contribution in [3.63, 3.8) is 0 Å². The van der Waals surface area contributed by atoms with Crippen molar-refractivity contribution in [2.24, 2.45) is 0 Å². The van der Waals surface area contributed by atoms with E-state index in [-0.39, 0.29) is 12.5 Å². The zero-order valence-corrected chi connectivity index (χ0v) is 16.2. The highest BCUT2D eigenvalue weighted by molar-refractivity contribution is 9.10. The first-order valence-corrected chi connectivity index (χ1v) is 9.19. The SMILES string of the molecule is CCCCCCCNC(=S)NC(=O)COc1ccc(Br)cc1C. The van der Waals surface area contributed by atoms with Crippen molar-refractivity contribution in [2.75, 3.05) is 13.2 Å². The van der Waals surface area contributed by atoms with E-state index < -0.39 is 0 Å². The van der Waals surface area contributed by atoms with Crippen LogP contribution >= 0.6 is 28.1 Å². The highest BCUT2D eigenvalue weighted by Gasteiger charge is 2.07. The molecule has 128 valence electrons. The quantitative estimate of drug-likeness (QED) is 0.483. The van der Waals surface area contributed by atoms with Gasteiger partial charge in [0.05, 0.1) is 0 Å². The topological polar surface area (TPSA) is 50.4 Å². The Morgan fingerprint density at radius 1 is 1.26 bits per heavy atom. The summed E-state index contributed by atoms with van der Waals surface area (Å²) < 4.78 is 6.49. The Balaban J connectivity index is 2.19. The summed E-state index contributed by atoms with van der Waals surface area (Å²) in [7, 11) is 0. The van der Waals surface area contributed by atoms with E-state index in [1.165, 1.54) is 25.7 Å². The van der Waals surface area contributed by atoms with Crippen molar-refractivity contribution in [3.05, 3.63) is 28.2 Å². The highest BCUT2D eigenvalue weighted by Crippen LogP contribution is 2.21. The van der Waals surface area contributed by atoms with E-state index in [4.69, 9.17) is 17.0 Å². The Bertz CT molecular complexity index is 523. The van der Waals surface area contributed by atoms with E-state index >= 15 is 0 Å². The zero-order chi connectivity index (χ0) is 17.1. The normalized spacial score (nSPS) is 10.2. The first kappa shape index (κ1) is 19.9. The molecule has 1 aromatic carbocycles. The van der Waals surface area contributed by atoms with Gasteiger partial charge >= 0.3 is 0 Å². The van der Waals surface area contributed by atoms with E-state index in [9.17, 15) is 4.79 Å². The van der Waals surface area contributed by atoms with Gasteiger partial charge in [-0.15, -0.1) is 0 Å². The number of ether oxygens (including phenoxy) is 1. The average Bonchev–Trinajstić information content (AvgIpc) is 2.50. The number of carbonyl (C=O) groups excluding carboxylic acids is 1. The minimum atomic E-state index is -0.254. The van der Waals surface area contributed by atoms with Gasteiger partial charge in [0.2, 0.25) is 0 Å². The second-order valence-corrected chi connectivity index (χ2v) is 6.74. The molecule has 0 aliphatic heterocycles. The van der Waals surface area contributed by atoms with E-state index in [0.29, 0.717) is 10.9 Å². The van der Waals surface area contributed by atoms with Crippen molar-refractivity contribution >= 4 is 39.2 Å². The van der Waals surface area contributed by atoms with Crippen molar-refractivity contribution in [1.82, 2.24) is 10.6 Å². The molecule has 1 amide bonds. The van der Waals surface area contributed by atoms with Gasteiger partial charge in [-0.2, -0.15) is 0 Å². The summed E-state index contributed by atoms with van der Waals surface area (Å²) in [6, 6.07) is 5.66. The number of thiocarbonyl (C=S) groups is 1. The third-order valence-corrected chi connectivity index (χ3v) is 4.05. The molecule has 0 unspecified atom stereocenters. The average molecular weight is 401 g/mol. The number of benzene rings is 1. The smallest absolute Gasteiger partial charge is 0.264 e. The molecule has 0 aliphatic rings. The Labute approximate surface area is 152 Å². The van der Waals surface area contributed by atoms with Gasteiger partial charge in [0.15, 0.2) is 11.7 Å². The van der Waals surface area contributed by atoms with Gasteiger partial charge in [-0.25, -0.2) is 0 Å². The van der Waals surface area contributed by atoms with Gasteiger partial charge in [-0.05, 0) is 49.3 Å². The Hall–Kier alpha value is -1.14. The summed E-state index contributed by atoms with van der Waals surface area (Å²) >= 11 is 8.49. The summed E-state index contributed by atoms with van der Waals surface area (Å²) in [6.07, 6.45) is 6.00. The number of nitrogens with one attached hydrogen (secondary N) is 2. The molecular formula is C17H25BrN2O2S. The lowest BCUT2D eigenvalue weighted by atomic mass is 10.1. The van der Waals surface area contributed by atoms with Crippen LogP contribution < -0.4 is 15.4 Å². The fourth-order valence-corrected chi connectivity index (χ4v) is 2.75. The molecule has 1 rings (SSSR count). The van der Waals surface area contributed by atoms with Crippen molar-refractivity contribution in [2.45, 2.75) is 46.0 Å². The number of carbonyl (C=O) groups is 1. The summed E-state index contributed by atoms with van der Waals surface area (Å²) in [5.74, 6) is 0.439. The van der Waals surface area contributed by atoms with Crippen LogP contribution in [0.25, 0.3) is 0 Å². The van der Waals surface area contributed by atoms with Crippen LogP contribution in [0.5, 0.6) is 5.75 Å². The molecule has 0 atom stereocenters. The van der Waals surface area contributed by atoms with Gasteiger partial charge < -0.3 is 15.4 Å². The monoisotopic (exact) mass is 400 g/mol. The second-order valence-electron chi connectivity index (χ2n) is 5.42. The van der Waals surface area contributed by atoms with Crippen LogP contribution in [0.2, 0.25) is 0 Å². The van der Waals surface area contributed by atoms with Crippen LogP contribution in [0.3, 0.4) is 0 Å². The lowest BCUT2D eigenvalue weighted by Crippen LogP contribution is -2.41. The summed E-state index contributed by atoms with van der Waals surface area (Å²) in [4.78, 5) is 11.8. The van der Waals surface area contributed by atoms with Crippen molar-refractivity contribution < 1.29 is 9.53 Å². The van der Waals surface area contributed by atoms with Gasteiger partial charge in [-0.1, -0.05) is 48.5 Å². The van der Waals surface area contributed by atoms with Crippen molar-refractivity contribution in [3.8, 4) is 5.75 Å². The number of hydrogen-bond donors (Lipinski definition) is 2. The van der Waals surface area contributed by atoms with Gasteiger partial charge in [0.1, 0.15) is 5.75 Å². The number of amides is 1. The minimum Gasteiger partial charge on any atom is -0.483 e. The van der Waals surface area contributed by atoms with Crippen LogP contribution in [-0.4, -0.2) is 24.2 Å². The first-order chi connectivity index (χ1) is 11.0. The van der Waals surface area contributed by atoms with Gasteiger partial charge in [0, 0.05) is 11.0 Å². The third-order valence-electron chi connectivity index (χ3n) is 3.31. The first-order valence-electron chi connectivity index (χ1n) is 7.99. The lowest BCUT2D eigenvalue weighted by molar-refractivity contribution is -0.121. The molecule has 0 radical (unpaired) electrons. The van der Waals surface area contributed by atoms with Gasteiger partial charge in [0.25, 0.3) is 5.91 Å². The maximum absolute atomic E-state index is 11.8. The molecule has 4 nitrogen and oxygen atoms in total. The van der Waals surface area contributed by atoms with Gasteiger partial charge in [-0.3, -0.25) is 4.79 Å². The van der Waals surface area contributed by atoms with Crippen LogP contribution in [0.15, 0.2) is 22.7 Å². The third kappa shape index (κ3) is 8.91. The molecule has 0 aromatic heterocycles. The second kappa shape index (κ2) is 11.4. The highest BCUT2D eigenvalue weighted by atomic mass is 79.9. The zero-order valence-electron chi connectivity index (χ0n) is 13.8. The van der Waals surface area contributed by atoms with E-state index in [1.54, 1.807) is 0 Å². The number of rotatable bonds is 9. The predicted molar refractivity (Wildman–Crippen MR) is 102 cm³/mol. The fraction of sp³-hybridized carbons (Fsp3) is 0.529. The molecule has 0 spiro atoms. The predicted octanol–water partition coefficient (Wildman–Crippen LogP) is 4.10. The minimum absolute atomic E-state index is 0.0548. The molecule has 2 N–H and O–H groups in total. The summed E-state index contributed by atoms with van der Waals surface area (Å²) in [6.45, 7) is 4.86. The maximum atomic E-state index is 11.8. The summed E-state index contributed by atoms with van der Waals surface area (Å²) in [5, 5.41) is 6.04. The number of halogens is 1. The molecule has 0 fully saturated rings. The Kier molecular flexibility index (Phi) is 9.87. The largest absolute Gasteiger partial charge is 0.483 e. The molecule has 0 saturated carbocycles. The molecule has 0 heterocycles. The van der Waals surface area contributed by atoms with Crippen LogP contribution in [0, 0.1) is 6.92 Å². The standard InChI is InChI=1S/C17H25BrN2O2S/c1-3-4-5-6-7-10-19-17(23)20-16(21)12-22-15-9-8-14(18)11-13(15)2/h8-9,11H,3-7,10,12H2,1-2H3,(H2,19,20,21,23). The van der Waals surface area contributed by atoms with Crippen molar-refractivity contribution in [1.29, 1.82) is 0 Å². The van der Waals surface area contributed by atoms with Crippen LogP contribution in [-0.2, 0) is 4.79 Å². The molecule has 23 heavy (non-hydrogen) atoms. The van der Waals surface area contributed by atoms with E-state index in [0.717, 1.165) is 23.0 Å². The van der Waals surface area contributed by atoms with E-state index in [1.807, 2.05) is 25.1 Å². The number of unbranched alkanes of at least 4 members (excludes halogenated alkanes) is 4. The summed E-state index contributed by atoms with van der Waals surface area (Å²) in [5.41, 5.74) is 0.972. The van der Waals surface area contributed by atoms with Crippen LogP contribution in [0.1, 0.15) is 44.6 Å². The molecule has 6 heteroatoms. The maximum Gasteiger partial charge on any atom is 0.264 e. The molecule has 1 aromatic rings. The molecule has 0 aliphatic carbocycles. The fourth-order valence-electron chi connectivity index (χ4n) is 2.06. The molecule has 0 saturated heterocycles.